The molecule has 0 amide bonds. The van der Waals surface area contributed by atoms with E-state index in [-0.39, 0.29) is 0 Å². The minimum Gasteiger partial charge on any atom is -0.303 e. The molecule has 0 aliphatic rings. The van der Waals surface area contributed by atoms with Gasteiger partial charge in [-0.25, -0.2) is 8.78 Å². The van der Waals surface area contributed by atoms with Crippen molar-refractivity contribution < 1.29 is 8.78 Å². The van der Waals surface area contributed by atoms with Crippen molar-refractivity contribution in [3.05, 3.63) is 30.1 Å². The summed E-state index contributed by atoms with van der Waals surface area (Å²) in [5.74, 6) is 0. The third-order valence-corrected chi connectivity index (χ3v) is 2.24. The van der Waals surface area contributed by atoms with Gasteiger partial charge in [-0.3, -0.25) is 4.98 Å². The Morgan fingerprint density at radius 1 is 1.57 bits per heavy atom. The van der Waals surface area contributed by atoms with Gasteiger partial charge >= 0.3 is 0 Å². The molecule has 0 spiro atoms. The van der Waals surface area contributed by atoms with E-state index in [4.69, 9.17) is 0 Å². The van der Waals surface area contributed by atoms with Gasteiger partial charge in [-0.05, 0) is 25.1 Å². The van der Waals surface area contributed by atoms with Crippen LogP contribution in [0.4, 0.5) is 8.78 Å². The molecule has 1 rings (SSSR count). The summed E-state index contributed by atoms with van der Waals surface area (Å²) >= 11 is 0. The van der Waals surface area contributed by atoms with Crippen LogP contribution in [0.3, 0.4) is 0 Å². The molecule has 4 heteroatoms. The van der Waals surface area contributed by atoms with Gasteiger partial charge in [0.1, 0.15) is 5.54 Å². The van der Waals surface area contributed by atoms with Gasteiger partial charge in [0.2, 0.25) is 0 Å². The number of halogens is 2. The SMILES string of the molecule is CCNC(C)(c1cccnc1)C(F)F. The highest BCUT2D eigenvalue weighted by Gasteiger charge is 2.35. The third-order valence-electron chi connectivity index (χ3n) is 2.24. The van der Waals surface area contributed by atoms with Gasteiger partial charge in [0, 0.05) is 12.4 Å². The Kier molecular flexibility index (Phi) is 3.52. The predicted molar refractivity (Wildman–Crippen MR) is 51.3 cm³/mol. The first kappa shape index (κ1) is 11.0. The van der Waals surface area contributed by atoms with Gasteiger partial charge in [-0.1, -0.05) is 13.0 Å². The van der Waals surface area contributed by atoms with Crippen LogP contribution >= 0.6 is 0 Å². The molecule has 1 unspecified atom stereocenters. The number of nitrogens with zero attached hydrogens (tertiary/aromatic N) is 1. The number of rotatable bonds is 4. The lowest BCUT2D eigenvalue weighted by Crippen LogP contribution is -2.45. The van der Waals surface area contributed by atoms with E-state index in [1.807, 2.05) is 0 Å². The van der Waals surface area contributed by atoms with E-state index in [1.165, 1.54) is 13.1 Å². The lowest BCUT2D eigenvalue weighted by Gasteiger charge is -2.29. The molecule has 1 aromatic heterocycles. The first-order valence-corrected chi connectivity index (χ1v) is 4.55. The molecule has 78 valence electrons. The van der Waals surface area contributed by atoms with Crippen LogP contribution in [0.2, 0.25) is 0 Å². The number of aromatic nitrogens is 1. The molecule has 1 aromatic rings. The standard InChI is InChI=1S/C10H14F2N2/c1-3-14-10(2,9(11)12)8-5-4-6-13-7-8/h4-7,9,14H,3H2,1-2H3. The molecule has 0 fully saturated rings. The van der Waals surface area contributed by atoms with Crippen LogP contribution < -0.4 is 5.32 Å². The predicted octanol–water partition coefficient (Wildman–Crippen LogP) is 2.17. The highest BCUT2D eigenvalue weighted by atomic mass is 19.3. The van der Waals surface area contributed by atoms with Gasteiger partial charge in [0.05, 0.1) is 0 Å². The zero-order valence-corrected chi connectivity index (χ0v) is 8.30. The first-order chi connectivity index (χ1) is 6.61. The van der Waals surface area contributed by atoms with Crippen molar-refractivity contribution in [2.24, 2.45) is 0 Å². The minimum atomic E-state index is -2.45. The number of alkyl halides is 2. The molecule has 0 saturated carbocycles. The summed E-state index contributed by atoms with van der Waals surface area (Å²) in [6.07, 6.45) is 0.586. The molecular weight excluding hydrogens is 186 g/mol. The van der Waals surface area contributed by atoms with Crippen LogP contribution in [0.25, 0.3) is 0 Å². The largest absolute Gasteiger partial charge is 0.303 e. The fourth-order valence-electron chi connectivity index (χ4n) is 1.34. The van der Waals surface area contributed by atoms with E-state index in [0.717, 1.165) is 0 Å². The fraction of sp³-hybridized carbons (Fsp3) is 0.500. The molecule has 0 aliphatic heterocycles. The average Bonchev–Trinajstić information content (AvgIpc) is 2.19. The minimum absolute atomic E-state index is 0.496. The highest BCUT2D eigenvalue weighted by molar-refractivity contribution is 5.20. The summed E-state index contributed by atoms with van der Waals surface area (Å²) in [6, 6.07) is 3.31. The molecule has 0 saturated heterocycles. The van der Waals surface area contributed by atoms with Gasteiger partial charge in [-0.15, -0.1) is 0 Å². The molecule has 0 aromatic carbocycles. The van der Waals surface area contributed by atoms with Crippen molar-refractivity contribution in [2.75, 3.05) is 6.54 Å². The van der Waals surface area contributed by atoms with Crippen molar-refractivity contribution in [3.8, 4) is 0 Å². The number of hydrogen-bond acceptors (Lipinski definition) is 2. The zero-order chi connectivity index (χ0) is 10.6. The molecule has 1 N–H and O–H groups in total. The average molecular weight is 200 g/mol. The molecule has 0 bridgehead atoms. The molecule has 1 atom stereocenters. The van der Waals surface area contributed by atoms with Crippen molar-refractivity contribution >= 4 is 0 Å². The Labute approximate surface area is 82.4 Å². The number of nitrogens with one attached hydrogen (secondary N) is 1. The van der Waals surface area contributed by atoms with Gasteiger partial charge in [-0.2, -0.15) is 0 Å². The smallest absolute Gasteiger partial charge is 0.260 e. The second-order valence-corrected chi connectivity index (χ2v) is 3.28. The Bertz CT molecular complexity index is 277. The Balaban J connectivity index is 2.99. The monoisotopic (exact) mass is 200 g/mol. The van der Waals surface area contributed by atoms with Crippen LogP contribution in [0.5, 0.6) is 0 Å². The van der Waals surface area contributed by atoms with Crippen molar-refractivity contribution in [1.82, 2.24) is 10.3 Å². The maximum absolute atomic E-state index is 12.9. The number of pyridine rings is 1. The van der Waals surface area contributed by atoms with Crippen LogP contribution in [-0.2, 0) is 5.54 Å². The van der Waals surface area contributed by atoms with E-state index in [1.54, 1.807) is 25.3 Å². The topological polar surface area (TPSA) is 24.9 Å². The van der Waals surface area contributed by atoms with Crippen LogP contribution in [-0.4, -0.2) is 18.0 Å². The summed E-state index contributed by atoms with van der Waals surface area (Å²) in [4.78, 5) is 3.84. The first-order valence-electron chi connectivity index (χ1n) is 4.55. The normalized spacial score (nSPS) is 15.5. The van der Waals surface area contributed by atoms with E-state index in [9.17, 15) is 8.78 Å². The molecule has 2 nitrogen and oxygen atoms in total. The van der Waals surface area contributed by atoms with Crippen LogP contribution in [0.15, 0.2) is 24.5 Å². The Hall–Kier alpha value is -1.03. The van der Waals surface area contributed by atoms with Gasteiger partial charge < -0.3 is 5.32 Å². The quantitative estimate of drug-likeness (QED) is 0.805. The van der Waals surface area contributed by atoms with E-state index >= 15 is 0 Å². The maximum atomic E-state index is 12.9. The molecule has 0 radical (unpaired) electrons. The summed E-state index contributed by atoms with van der Waals surface area (Å²) in [7, 11) is 0. The van der Waals surface area contributed by atoms with Crippen LogP contribution in [0, 0.1) is 0 Å². The lowest BCUT2D eigenvalue weighted by molar-refractivity contribution is 0.0392. The van der Waals surface area contributed by atoms with Crippen molar-refractivity contribution in [3.63, 3.8) is 0 Å². The summed E-state index contributed by atoms with van der Waals surface area (Å²) in [5.41, 5.74) is -0.792. The second-order valence-electron chi connectivity index (χ2n) is 3.28. The Morgan fingerprint density at radius 3 is 2.71 bits per heavy atom. The van der Waals surface area contributed by atoms with Crippen molar-refractivity contribution in [2.45, 2.75) is 25.8 Å². The zero-order valence-electron chi connectivity index (χ0n) is 8.30. The second kappa shape index (κ2) is 4.46. The van der Waals surface area contributed by atoms with E-state index in [2.05, 4.69) is 10.3 Å². The van der Waals surface area contributed by atoms with Gasteiger partial charge in [0.15, 0.2) is 0 Å². The summed E-state index contributed by atoms with van der Waals surface area (Å²) in [6.45, 7) is 3.78. The lowest BCUT2D eigenvalue weighted by atomic mass is 9.94. The molecule has 0 aliphatic carbocycles. The summed E-state index contributed by atoms with van der Waals surface area (Å²) < 4.78 is 25.7. The molecule has 14 heavy (non-hydrogen) atoms. The number of hydrogen-bond donors (Lipinski definition) is 1. The Morgan fingerprint density at radius 2 is 2.29 bits per heavy atom. The molecular formula is C10H14F2N2. The van der Waals surface area contributed by atoms with Gasteiger partial charge in [0.25, 0.3) is 6.43 Å². The van der Waals surface area contributed by atoms with E-state index < -0.39 is 12.0 Å². The van der Waals surface area contributed by atoms with Crippen LogP contribution in [0.1, 0.15) is 19.4 Å². The third kappa shape index (κ3) is 2.07. The molecule has 1 heterocycles. The maximum Gasteiger partial charge on any atom is 0.260 e. The fourth-order valence-corrected chi connectivity index (χ4v) is 1.34. The van der Waals surface area contributed by atoms with Crippen molar-refractivity contribution in [1.29, 1.82) is 0 Å². The highest BCUT2D eigenvalue weighted by Crippen LogP contribution is 2.26. The summed E-state index contributed by atoms with van der Waals surface area (Å²) in [5, 5.41) is 2.78. The van der Waals surface area contributed by atoms with E-state index in [0.29, 0.717) is 12.1 Å².